The normalized spacial score (nSPS) is 10.4. The number of amides is 1. The number of nitrogens with one attached hydrogen (secondary N) is 1. The largest absolute Gasteiger partial charge is 0.400 e. The fourth-order valence-electron chi connectivity index (χ4n) is 1.05. The van der Waals surface area contributed by atoms with E-state index in [0.717, 1.165) is 19.0 Å². The summed E-state index contributed by atoms with van der Waals surface area (Å²) in [6.07, 6.45) is 5.96. The van der Waals surface area contributed by atoms with Gasteiger partial charge in [0.2, 0.25) is 6.41 Å². The molecule has 1 amide bonds. The van der Waals surface area contributed by atoms with Crippen LogP contribution >= 0.6 is 0 Å². The minimum Gasteiger partial charge on any atom is -0.400 e. The summed E-state index contributed by atoms with van der Waals surface area (Å²) in [5.74, 6) is 0. The number of hydrogen-bond acceptors (Lipinski definition) is 3. The Morgan fingerprint density at radius 3 is 2.35 bits per heavy atom. The maximum absolute atomic E-state index is 10.7. The second kappa shape index (κ2) is 10.3. The molecule has 0 aliphatic rings. The molecule has 1 aromatic rings. The van der Waals surface area contributed by atoms with Crippen LogP contribution in [-0.2, 0) is 9.59 Å². The standard InChI is InChI=1S/C12H11NO2.CH4O/c14-9-12(6-7-13-10-15)8-11-4-2-1-3-5-11;1-2/h1-10H,(H,13,15);2H,1H3/b7-6-,12-8+;. The Kier molecular flexibility index (Phi) is 8.99. The molecule has 0 saturated carbocycles. The van der Waals surface area contributed by atoms with E-state index in [-0.39, 0.29) is 0 Å². The van der Waals surface area contributed by atoms with E-state index in [1.165, 1.54) is 12.3 Å². The molecule has 90 valence electrons. The highest BCUT2D eigenvalue weighted by Crippen LogP contribution is 2.05. The topological polar surface area (TPSA) is 66.4 Å². The number of allylic oxidation sites excluding steroid dienone is 2. The quantitative estimate of drug-likeness (QED) is 0.455. The summed E-state index contributed by atoms with van der Waals surface area (Å²) < 4.78 is 0. The van der Waals surface area contributed by atoms with E-state index in [2.05, 4.69) is 5.32 Å². The highest BCUT2D eigenvalue weighted by atomic mass is 16.2. The lowest BCUT2D eigenvalue weighted by molar-refractivity contribution is -0.108. The number of carbonyl (C=O) groups excluding carboxylic acids is 2. The van der Waals surface area contributed by atoms with Crippen LogP contribution in [0.4, 0.5) is 0 Å². The molecule has 2 N–H and O–H groups in total. The van der Waals surface area contributed by atoms with Crippen molar-refractivity contribution in [1.29, 1.82) is 0 Å². The second-order valence-electron chi connectivity index (χ2n) is 2.79. The van der Waals surface area contributed by atoms with Gasteiger partial charge in [0.15, 0.2) is 0 Å². The first-order valence-corrected chi connectivity index (χ1v) is 4.89. The average molecular weight is 233 g/mol. The first-order chi connectivity index (χ1) is 8.36. The van der Waals surface area contributed by atoms with Crippen molar-refractivity contribution in [3.05, 3.63) is 53.7 Å². The average Bonchev–Trinajstić information content (AvgIpc) is 2.41. The van der Waals surface area contributed by atoms with Crippen molar-refractivity contribution in [3.63, 3.8) is 0 Å². The highest BCUT2D eigenvalue weighted by Gasteiger charge is 1.90. The van der Waals surface area contributed by atoms with Crippen LogP contribution in [0.25, 0.3) is 6.08 Å². The van der Waals surface area contributed by atoms with Crippen LogP contribution in [0.3, 0.4) is 0 Å². The van der Waals surface area contributed by atoms with Crippen LogP contribution in [0.15, 0.2) is 48.2 Å². The van der Waals surface area contributed by atoms with Crippen molar-refractivity contribution < 1.29 is 14.7 Å². The van der Waals surface area contributed by atoms with Crippen LogP contribution in [0.5, 0.6) is 0 Å². The Labute approximate surface area is 100 Å². The van der Waals surface area contributed by atoms with Gasteiger partial charge in [-0.1, -0.05) is 30.3 Å². The van der Waals surface area contributed by atoms with Crippen molar-refractivity contribution in [2.24, 2.45) is 0 Å². The van der Waals surface area contributed by atoms with Crippen molar-refractivity contribution >= 4 is 18.8 Å². The van der Waals surface area contributed by atoms with E-state index in [1.807, 2.05) is 30.3 Å². The summed E-state index contributed by atoms with van der Waals surface area (Å²) in [4.78, 5) is 20.6. The SMILES string of the molecule is CO.O=CN/C=C\C(C=O)=C/c1ccccc1. The number of rotatable bonds is 5. The Bertz CT molecular complexity index is 383. The van der Waals surface area contributed by atoms with Gasteiger partial charge in [-0.2, -0.15) is 0 Å². The Hall–Kier alpha value is -2.20. The zero-order valence-corrected chi connectivity index (χ0v) is 9.54. The molecule has 0 heterocycles. The van der Waals surface area contributed by atoms with E-state index < -0.39 is 0 Å². The molecule has 4 nitrogen and oxygen atoms in total. The Morgan fingerprint density at radius 2 is 1.82 bits per heavy atom. The van der Waals surface area contributed by atoms with E-state index in [0.29, 0.717) is 12.0 Å². The molecule has 0 fully saturated rings. The lowest BCUT2D eigenvalue weighted by Gasteiger charge is -1.93. The third kappa shape index (κ3) is 6.81. The summed E-state index contributed by atoms with van der Waals surface area (Å²) in [7, 11) is 1.00. The summed E-state index contributed by atoms with van der Waals surface area (Å²) in [6.45, 7) is 0. The molecule has 17 heavy (non-hydrogen) atoms. The zero-order chi connectivity index (χ0) is 12.9. The molecular formula is C13H15NO3. The number of benzene rings is 1. The Morgan fingerprint density at radius 1 is 1.18 bits per heavy atom. The first-order valence-electron chi connectivity index (χ1n) is 4.89. The van der Waals surface area contributed by atoms with Gasteiger partial charge in [-0.05, 0) is 17.7 Å². The van der Waals surface area contributed by atoms with E-state index in [4.69, 9.17) is 5.11 Å². The molecule has 0 unspecified atom stereocenters. The van der Waals surface area contributed by atoms with Crippen LogP contribution in [0.1, 0.15) is 5.56 Å². The molecule has 4 heteroatoms. The van der Waals surface area contributed by atoms with Gasteiger partial charge in [0.1, 0.15) is 6.29 Å². The third-order valence-corrected chi connectivity index (χ3v) is 1.71. The van der Waals surface area contributed by atoms with Crippen molar-refractivity contribution in [2.45, 2.75) is 0 Å². The molecule has 1 rings (SSSR count). The van der Waals surface area contributed by atoms with Crippen molar-refractivity contribution in [1.82, 2.24) is 5.32 Å². The Balaban J connectivity index is 0.00000121. The summed E-state index contributed by atoms with van der Waals surface area (Å²) >= 11 is 0. The number of aliphatic hydroxyl groups is 1. The monoisotopic (exact) mass is 233 g/mol. The summed E-state index contributed by atoms with van der Waals surface area (Å²) in [6, 6.07) is 9.47. The lowest BCUT2D eigenvalue weighted by Crippen LogP contribution is -1.98. The molecule has 1 aromatic carbocycles. The summed E-state index contributed by atoms with van der Waals surface area (Å²) in [5, 5.41) is 9.34. The molecule has 0 radical (unpaired) electrons. The van der Waals surface area contributed by atoms with Crippen LogP contribution in [0.2, 0.25) is 0 Å². The highest BCUT2D eigenvalue weighted by molar-refractivity contribution is 5.85. The van der Waals surface area contributed by atoms with Crippen LogP contribution < -0.4 is 5.32 Å². The fraction of sp³-hybridized carbons (Fsp3) is 0.0769. The molecule has 0 aliphatic heterocycles. The maximum atomic E-state index is 10.7. The van der Waals surface area contributed by atoms with Gasteiger partial charge in [-0.3, -0.25) is 9.59 Å². The lowest BCUT2D eigenvalue weighted by atomic mass is 10.1. The minimum atomic E-state index is 0.496. The molecule has 0 aliphatic carbocycles. The number of hydrogen-bond donors (Lipinski definition) is 2. The predicted octanol–water partition coefficient (Wildman–Crippen LogP) is 1.14. The van der Waals surface area contributed by atoms with Gasteiger partial charge in [0.25, 0.3) is 0 Å². The first kappa shape index (κ1) is 14.8. The van der Waals surface area contributed by atoms with Crippen molar-refractivity contribution in [3.8, 4) is 0 Å². The third-order valence-electron chi connectivity index (χ3n) is 1.71. The maximum Gasteiger partial charge on any atom is 0.211 e. The van der Waals surface area contributed by atoms with E-state index in [9.17, 15) is 9.59 Å². The summed E-state index contributed by atoms with van der Waals surface area (Å²) in [5.41, 5.74) is 1.44. The van der Waals surface area contributed by atoms with E-state index >= 15 is 0 Å². The van der Waals surface area contributed by atoms with Gasteiger partial charge in [0, 0.05) is 18.9 Å². The van der Waals surface area contributed by atoms with Gasteiger partial charge in [-0.15, -0.1) is 0 Å². The molecule has 0 aromatic heterocycles. The van der Waals surface area contributed by atoms with Gasteiger partial charge < -0.3 is 10.4 Å². The molecule has 0 saturated heterocycles. The smallest absolute Gasteiger partial charge is 0.211 e. The van der Waals surface area contributed by atoms with Gasteiger partial charge in [-0.25, -0.2) is 0 Å². The van der Waals surface area contributed by atoms with Crippen LogP contribution in [-0.4, -0.2) is 24.9 Å². The molecule has 0 bridgehead atoms. The van der Waals surface area contributed by atoms with Gasteiger partial charge in [0.05, 0.1) is 0 Å². The molecule has 0 atom stereocenters. The fourth-order valence-corrected chi connectivity index (χ4v) is 1.05. The minimum absolute atomic E-state index is 0.496. The number of aliphatic hydroxyl groups excluding tert-OH is 1. The molecule has 0 spiro atoms. The van der Waals surface area contributed by atoms with E-state index in [1.54, 1.807) is 6.08 Å². The second-order valence-corrected chi connectivity index (χ2v) is 2.79. The zero-order valence-electron chi connectivity index (χ0n) is 9.54. The number of aldehydes is 1. The van der Waals surface area contributed by atoms with Crippen LogP contribution in [0, 0.1) is 0 Å². The number of carbonyl (C=O) groups is 2. The molecular weight excluding hydrogens is 218 g/mol. The predicted molar refractivity (Wildman–Crippen MR) is 67.0 cm³/mol. The van der Waals surface area contributed by atoms with Crippen molar-refractivity contribution in [2.75, 3.05) is 7.11 Å². The van der Waals surface area contributed by atoms with Gasteiger partial charge >= 0.3 is 0 Å².